The fourth-order valence-corrected chi connectivity index (χ4v) is 2.38. The molecule has 100 valence electrons. The molecule has 0 spiro atoms. The molecule has 1 fully saturated rings. The molecular formula is C13H13BrClN3O. The Labute approximate surface area is 124 Å². The third-order valence-corrected chi connectivity index (χ3v) is 3.90. The number of halogens is 2. The summed E-state index contributed by atoms with van der Waals surface area (Å²) in [5.41, 5.74) is 0.821. The normalized spacial score (nSPS) is 14.8. The summed E-state index contributed by atoms with van der Waals surface area (Å²) in [7, 11) is 0. The smallest absolute Gasteiger partial charge is 0.248 e. The van der Waals surface area contributed by atoms with Crippen LogP contribution in [0, 0.1) is 0 Å². The quantitative estimate of drug-likeness (QED) is 0.904. The van der Waals surface area contributed by atoms with Gasteiger partial charge in [0, 0.05) is 28.5 Å². The van der Waals surface area contributed by atoms with E-state index in [0.717, 1.165) is 23.0 Å². The summed E-state index contributed by atoms with van der Waals surface area (Å²) in [6.45, 7) is 0.878. The fraction of sp³-hybridized carbons (Fsp3) is 0.385. The summed E-state index contributed by atoms with van der Waals surface area (Å²) in [6.07, 6.45) is 3.32. The van der Waals surface area contributed by atoms with Gasteiger partial charge in [-0.05, 0) is 47.0 Å². The van der Waals surface area contributed by atoms with Crippen molar-refractivity contribution in [3.8, 4) is 11.5 Å². The Bertz CT molecular complexity index is 583. The average molecular weight is 343 g/mol. The van der Waals surface area contributed by atoms with Crippen LogP contribution in [0.15, 0.2) is 27.1 Å². The zero-order valence-corrected chi connectivity index (χ0v) is 12.5. The van der Waals surface area contributed by atoms with Gasteiger partial charge in [-0.15, -0.1) is 10.2 Å². The number of benzene rings is 1. The molecule has 4 nitrogen and oxygen atoms in total. The first kappa shape index (κ1) is 13.1. The van der Waals surface area contributed by atoms with Crippen LogP contribution in [0.5, 0.6) is 0 Å². The minimum absolute atomic E-state index is 0.496. The van der Waals surface area contributed by atoms with Crippen LogP contribution in [0.25, 0.3) is 11.5 Å². The minimum atomic E-state index is 0.496. The van der Waals surface area contributed by atoms with Crippen LogP contribution >= 0.6 is 27.5 Å². The molecule has 1 heterocycles. The number of nitrogens with one attached hydrogen (secondary N) is 1. The van der Waals surface area contributed by atoms with Crippen molar-refractivity contribution in [3.05, 3.63) is 33.6 Å². The molecule has 0 radical (unpaired) electrons. The maximum Gasteiger partial charge on any atom is 0.248 e. The van der Waals surface area contributed by atoms with Crippen molar-refractivity contribution < 1.29 is 4.42 Å². The number of nitrogens with zero attached hydrogens (tertiary/aromatic N) is 2. The molecule has 1 aliphatic carbocycles. The second-order valence-corrected chi connectivity index (χ2v) is 5.89. The van der Waals surface area contributed by atoms with Crippen molar-refractivity contribution in [2.45, 2.75) is 25.3 Å². The lowest BCUT2D eigenvalue weighted by atomic mass is 10.2. The van der Waals surface area contributed by atoms with Gasteiger partial charge in [0.2, 0.25) is 11.8 Å². The van der Waals surface area contributed by atoms with Gasteiger partial charge in [0.05, 0.1) is 5.56 Å². The molecule has 0 bridgehead atoms. The number of rotatable bonds is 5. The van der Waals surface area contributed by atoms with Crippen molar-refractivity contribution >= 4 is 27.5 Å². The van der Waals surface area contributed by atoms with E-state index in [2.05, 4.69) is 31.4 Å². The number of aromatic nitrogens is 2. The Morgan fingerprint density at radius 3 is 3.00 bits per heavy atom. The molecule has 2 aromatic rings. The molecule has 0 atom stereocenters. The molecule has 3 rings (SSSR count). The van der Waals surface area contributed by atoms with Crippen molar-refractivity contribution in [2.24, 2.45) is 0 Å². The largest absolute Gasteiger partial charge is 0.421 e. The molecule has 1 aliphatic rings. The summed E-state index contributed by atoms with van der Waals surface area (Å²) >= 11 is 9.44. The van der Waals surface area contributed by atoms with Crippen molar-refractivity contribution in [3.63, 3.8) is 0 Å². The Morgan fingerprint density at radius 2 is 2.21 bits per heavy atom. The first-order valence-corrected chi connectivity index (χ1v) is 7.40. The van der Waals surface area contributed by atoms with E-state index in [1.165, 1.54) is 12.8 Å². The predicted molar refractivity (Wildman–Crippen MR) is 77.2 cm³/mol. The molecule has 0 unspecified atom stereocenters. The molecule has 1 saturated carbocycles. The van der Waals surface area contributed by atoms with E-state index < -0.39 is 0 Å². The van der Waals surface area contributed by atoms with Gasteiger partial charge in [0.15, 0.2) is 0 Å². The highest BCUT2D eigenvalue weighted by Crippen LogP contribution is 2.30. The summed E-state index contributed by atoms with van der Waals surface area (Å²) in [5.74, 6) is 1.14. The number of hydrogen-bond donors (Lipinski definition) is 1. The van der Waals surface area contributed by atoms with E-state index in [0.29, 0.717) is 22.8 Å². The Kier molecular flexibility index (Phi) is 3.86. The van der Waals surface area contributed by atoms with Crippen LogP contribution in [0.2, 0.25) is 5.02 Å². The molecule has 1 aromatic carbocycles. The van der Waals surface area contributed by atoms with E-state index in [-0.39, 0.29) is 0 Å². The van der Waals surface area contributed by atoms with Gasteiger partial charge in [-0.1, -0.05) is 11.6 Å². The molecular weight excluding hydrogens is 330 g/mol. The Morgan fingerprint density at radius 1 is 1.37 bits per heavy atom. The third kappa shape index (κ3) is 3.35. The molecule has 0 aliphatic heterocycles. The van der Waals surface area contributed by atoms with Gasteiger partial charge in [-0.3, -0.25) is 0 Å². The topological polar surface area (TPSA) is 51.0 Å². The molecule has 0 amide bonds. The second kappa shape index (κ2) is 5.61. The SMILES string of the molecule is Clc1ccc(Br)c(-c2nnc(CCNC3CC3)o2)c1. The van der Waals surface area contributed by atoms with Gasteiger partial charge >= 0.3 is 0 Å². The van der Waals surface area contributed by atoms with Gasteiger partial charge in [-0.2, -0.15) is 0 Å². The summed E-state index contributed by atoms with van der Waals surface area (Å²) in [4.78, 5) is 0. The van der Waals surface area contributed by atoms with E-state index in [1.807, 2.05) is 18.2 Å². The Balaban J connectivity index is 1.70. The monoisotopic (exact) mass is 341 g/mol. The molecule has 6 heteroatoms. The van der Waals surface area contributed by atoms with Crippen molar-refractivity contribution in [2.75, 3.05) is 6.54 Å². The summed E-state index contributed by atoms with van der Waals surface area (Å²) < 4.78 is 6.55. The highest BCUT2D eigenvalue weighted by molar-refractivity contribution is 9.10. The maximum absolute atomic E-state index is 5.98. The van der Waals surface area contributed by atoms with Crippen LogP contribution in [-0.4, -0.2) is 22.8 Å². The highest BCUT2D eigenvalue weighted by atomic mass is 79.9. The van der Waals surface area contributed by atoms with Crippen molar-refractivity contribution in [1.82, 2.24) is 15.5 Å². The zero-order chi connectivity index (χ0) is 13.2. The van der Waals surface area contributed by atoms with Gasteiger partial charge < -0.3 is 9.73 Å². The van der Waals surface area contributed by atoms with Crippen LogP contribution in [0.4, 0.5) is 0 Å². The van der Waals surface area contributed by atoms with Crippen LogP contribution in [0.1, 0.15) is 18.7 Å². The highest BCUT2D eigenvalue weighted by Gasteiger charge is 2.20. The lowest BCUT2D eigenvalue weighted by Gasteiger charge is -2.00. The van der Waals surface area contributed by atoms with Crippen LogP contribution < -0.4 is 5.32 Å². The van der Waals surface area contributed by atoms with E-state index >= 15 is 0 Å². The summed E-state index contributed by atoms with van der Waals surface area (Å²) in [6, 6.07) is 6.19. The fourth-order valence-electron chi connectivity index (χ4n) is 1.80. The van der Waals surface area contributed by atoms with E-state index in [9.17, 15) is 0 Å². The predicted octanol–water partition coefficient (Wildman–Crippen LogP) is 3.45. The van der Waals surface area contributed by atoms with Gasteiger partial charge in [0.25, 0.3) is 0 Å². The van der Waals surface area contributed by atoms with E-state index in [1.54, 1.807) is 0 Å². The third-order valence-electron chi connectivity index (χ3n) is 2.97. The van der Waals surface area contributed by atoms with Gasteiger partial charge in [0.1, 0.15) is 0 Å². The van der Waals surface area contributed by atoms with Crippen LogP contribution in [-0.2, 0) is 6.42 Å². The molecule has 0 saturated heterocycles. The lowest BCUT2D eigenvalue weighted by molar-refractivity contribution is 0.494. The van der Waals surface area contributed by atoms with Gasteiger partial charge in [-0.25, -0.2) is 0 Å². The molecule has 19 heavy (non-hydrogen) atoms. The second-order valence-electron chi connectivity index (χ2n) is 4.60. The minimum Gasteiger partial charge on any atom is -0.421 e. The molecule has 1 aromatic heterocycles. The molecule has 1 N–H and O–H groups in total. The first-order valence-electron chi connectivity index (χ1n) is 6.23. The number of hydrogen-bond acceptors (Lipinski definition) is 4. The Hall–Kier alpha value is -0.910. The summed E-state index contributed by atoms with van der Waals surface area (Å²) in [5, 5.41) is 12.2. The van der Waals surface area contributed by atoms with Crippen LogP contribution in [0.3, 0.4) is 0 Å². The first-order chi connectivity index (χ1) is 9.22. The van der Waals surface area contributed by atoms with Crippen molar-refractivity contribution in [1.29, 1.82) is 0 Å². The maximum atomic E-state index is 5.98. The van der Waals surface area contributed by atoms with E-state index in [4.69, 9.17) is 16.0 Å². The zero-order valence-electron chi connectivity index (χ0n) is 10.2. The standard InChI is InChI=1S/C13H13BrClN3O/c14-11-4-1-8(15)7-10(11)13-18-17-12(19-13)5-6-16-9-2-3-9/h1,4,7,9,16H,2-3,5-6H2. The average Bonchev–Trinajstić information content (AvgIpc) is 3.10. The lowest BCUT2D eigenvalue weighted by Crippen LogP contribution is -2.19.